The van der Waals surface area contributed by atoms with E-state index < -0.39 is 0 Å². The molecular weight excluding hydrogens is 449 g/mol. The summed E-state index contributed by atoms with van der Waals surface area (Å²) in [5.41, 5.74) is 4.13. The Bertz CT molecular complexity index is 1300. The topological polar surface area (TPSA) is 87.9 Å². The Hall–Kier alpha value is -3.53. The number of anilines is 1. The Balaban J connectivity index is 1.40. The van der Waals surface area contributed by atoms with Crippen LogP contribution in [0.2, 0.25) is 0 Å². The minimum atomic E-state index is -0.262. The average Bonchev–Trinajstić information content (AvgIpc) is 3.47. The third kappa shape index (κ3) is 4.34. The summed E-state index contributed by atoms with van der Waals surface area (Å²) in [6.07, 6.45) is 6.88. The molecular formula is C25H30FN7O2. The number of fused-ring (bicyclic) bond motifs is 2. The zero-order valence-corrected chi connectivity index (χ0v) is 20.5. The van der Waals surface area contributed by atoms with Crippen LogP contribution < -0.4 is 10.1 Å². The Morgan fingerprint density at radius 3 is 2.91 bits per heavy atom. The van der Waals surface area contributed by atoms with Crippen molar-refractivity contribution in [2.75, 3.05) is 32.6 Å². The van der Waals surface area contributed by atoms with Crippen LogP contribution >= 0.6 is 0 Å². The molecule has 2 aliphatic heterocycles. The van der Waals surface area contributed by atoms with E-state index in [1.807, 2.05) is 30.8 Å². The van der Waals surface area contributed by atoms with Gasteiger partial charge in [-0.1, -0.05) is 6.08 Å². The second kappa shape index (κ2) is 9.26. The molecule has 0 fully saturated rings. The van der Waals surface area contributed by atoms with E-state index in [-0.39, 0.29) is 30.4 Å². The summed E-state index contributed by atoms with van der Waals surface area (Å²) in [6, 6.07) is 3.12. The van der Waals surface area contributed by atoms with E-state index in [9.17, 15) is 9.18 Å². The molecule has 0 saturated carbocycles. The minimum absolute atomic E-state index is 0.0450. The molecule has 184 valence electrons. The predicted octanol–water partition coefficient (Wildman–Crippen LogP) is 2.76. The van der Waals surface area contributed by atoms with Gasteiger partial charge in [0.25, 0.3) is 0 Å². The Labute approximate surface area is 203 Å². The molecule has 35 heavy (non-hydrogen) atoms. The number of carbonyl (C=O) groups is 1. The number of ether oxygens (including phenoxy) is 1. The number of nitrogens with zero attached hydrogens (tertiary/aromatic N) is 6. The van der Waals surface area contributed by atoms with Crippen molar-refractivity contribution >= 4 is 23.1 Å². The number of rotatable bonds is 6. The van der Waals surface area contributed by atoms with Gasteiger partial charge in [-0.2, -0.15) is 0 Å². The standard InChI is InChI=1S/C25H30FN7O2/c1-15-9-17(10-16(2)33(15)23(34)13-31(3)4)19-11-27-25(32-14-29-30-24(19)32)28-12-20-18-7-8-35-22(18)6-5-21(20)26/h5-6,9,11,14-16H,7-8,10,12-13H2,1-4H3,(H,27,28). The number of aromatic nitrogens is 4. The normalized spacial score (nSPS) is 19.6. The highest BCUT2D eigenvalue weighted by atomic mass is 19.1. The van der Waals surface area contributed by atoms with Gasteiger partial charge in [-0.3, -0.25) is 9.20 Å². The number of benzene rings is 1. The number of nitrogens with one attached hydrogen (secondary N) is 1. The van der Waals surface area contributed by atoms with Gasteiger partial charge in [0.2, 0.25) is 11.9 Å². The number of halogens is 1. The molecule has 3 aromatic rings. The van der Waals surface area contributed by atoms with Crippen molar-refractivity contribution in [1.29, 1.82) is 0 Å². The van der Waals surface area contributed by atoms with Crippen molar-refractivity contribution in [3.63, 3.8) is 0 Å². The highest BCUT2D eigenvalue weighted by Gasteiger charge is 2.31. The smallest absolute Gasteiger partial charge is 0.237 e. The van der Waals surface area contributed by atoms with Crippen LogP contribution in [0.5, 0.6) is 5.75 Å². The maximum Gasteiger partial charge on any atom is 0.237 e. The van der Waals surface area contributed by atoms with E-state index in [2.05, 4.69) is 33.5 Å². The van der Waals surface area contributed by atoms with E-state index in [4.69, 9.17) is 4.74 Å². The lowest BCUT2D eigenvalue weighted by Gasteiger charge is -2.38. The Morgan fingerprint density at radius 2 is 2.14 bits per heavy atom. The molecule has 2 unspecified atom stereocenters. The number of amides is 1. The van der Waals surface area contributed by atoms with Gasteiger partial charge in [0.15, 0.2) is 5.65 Å². The van der Waals surface area contributed by atoms with E-state index in [0.717, 1.165) is 22.4 Å². The molecule has 10 heteroatoms. The molecule has 9 nitrogen and oxygen atoms in total. The Kier molecular flexibility index (Phi) is 6.14. The van der Waals surface area contributed by atoms with Crippen molar-refractivity contribution in [3.8, 4) is 5.75 Å². The first-order valence-corrected chi connectivity index (χ1v) is 11.9. The van der Waals surface area contributed by atoms with Crippen LogP contribution in [0.1, 0.15) is 37.0 Å². The molecule has 0 radical (unpaired) electrons. The maximum atomic E-state index is 14.6. The van der Waals surface area contributed by atoms with Gasteiger partial charge in [0, 0.05) is 47.9 Å². The zero-order valence-electron chi connectivity index (χ0n) is 20.5. The molecule has 0 bridgehead atoms. The van der Waals surface area contributed by atoms with Crippen LogP contribution in [0, 0.1) is 5.82 Å². The average molecular weight is 480 g/mol. The lowest BCUT2D eigenvalue weighted by atomic mass is 9.92. The molecule has 0 aliphatic carbocycles. The van der Waals surface area contributed by atoms with Crippen molar-refractivity contribution < 1.29 is 13.9 Å². The first-order valence-electron chi connectivity index (χ1n) is 11.9. The van der Waals surface area contributed by atoms with E-state index in [1.54, 1.807) is 23.0 Å². The second-order valence-corrected chi connectivity index (χ2v) is 9.50. The largest absolute Gasteiger partial charge is 0.493 e. The van der Waals surface area contributed by atoms with Gasteiger partial charge in [0.1, 0.15) is 17.9 Å². The highest BCUT2D eigenvalue weighted by molar-refractivity contribution is 5.83. The summed E-state index contributed by atoms with van der Waals surface area (Å²) in [5.74, 6) is 1.12. The summed E-state index contributed by atoms with van der Waals surface area (Å²) < 4.78 is 21.9. The lowest BCUT2D eigenvalue weighted by molar-refractivity contribution is -0.135. The van der Waals surface area contributed by atoms with E-state index in [1.165, 1.54) is 6.07 Å². The number of hydrogen-bond donors (Lipinski definition) is 1. The van der Waals surface area contributed by atoms with Crippen molar-refractivity contribution in [2.45, 2.75) is 45.3 Å². The van der Waals surface area contributed by atoms with Gasteiger partial charge < -0.3 is 19.9 Å². The molecule has 1 amide bonds. The van der Waals surface area contributed by atoms with Crippen LogP contribution in [-0.4, -0.2) is 74.6 Å². The second-order valence-electron chi connectivity index (χ2n) is 9.50. The fourth-order valence-corrected chi connectivity index (χ4v) is 5.13. The zero-order chi connectivity index (χ0) is 24.7. The molecule has 2 atom stereocenters. The molecule has 5 rings (SSSR count). The van der Waals surface area contributed by atoms with E-state index >= 15 is 0 Å². The molecule has 1 aromatic carbocycles. The highest BCUT2D eigenvalue weighted by Crippen LogP contribution is 2.33. The molecule has 0 spiro atoms. The van der Waals surface area contributed by atoms with Crippen molar-refractivity contribution in [1.82, 2.24) is 29.4 Å². The number of carbonyl (C=O) groups excluding carboxylic acids is 1. The summed E-state index contributed by atoms with van der Waals surface area (Å²) in [6.45, 7) is 5.32. The monoisotopic (exact) mass is 479 g/mol. The van der Waals surface area contributed by atoms with Crippen molar-refractivity contribution in [3.05, 3.63) is 53.2 Å². The lowest BCUT2D eigenvalue weighted by Crippen LogP contribution is -2.49. The third-order valence-corrected chi connectivity index (χ3v) is 6.65. The predicted molar refractivity (Wildman–Crippen MR) is 131 cm³/mol. The summed E-state index contributed by atoms with van der Waals surface area (Å²) in [4.78, 5) is 21.2. The van der Waals surface area contributed by atoms with Crippen LogP contribution in [0.15, 0.2) is 30.7 Å². The van der Waals surface area contributed by atoms with Crippen molar-refractivity contribution in [2.24, 2.45) is 0 Å². The first kappa shape index (κ1) is 23.2. The van der Waals surface area contributed by atoms with Crippen LogP contribution in [0.4, 0.5) is 10.3 Å². The molecule has 1 N–H and O–H groups in total. The molecule has 2 aromatic heterocycles. The fraction of sp³-hybridized carbons (Fsp3) is 0.440. The summed E-state index contributed by atoms with van der Waals surface area (Å²) >= 11 is 0. The van der Waals surface area contributed by atoms with Gasteiger partial charge in [-0.05, 0) is 52.1 Å². The molecule has 4 heterocycles. The van der Waals surface area contributed by atoms with Gasteiger partial charge in [-0.25, -0.2) is 9.37 Å². The fourth-order valence-electron chi connectivity index (χ4n) is 5.13. The summed E-state index contributed by atoms with van der Waals surface area (Å²) in [7, 11) is 3.80. The first-order chi connectivity index (χ1) is 16.8. The molecule has 2 aliphatic rings. The Morgan fingerprint density at radius 1 is 1.31 bits per heavy atom. The van der Waals surface area contributed by atoms with Crippen LogP contribution in [-0.2, 0) is 17.8 Å². The minimum Gasteiger partial charge on any atom is -0.493 e. The SMILES string of the molecule is CC1C=C(c2cnc(NCc3c(F)ccc4c3CCO4)n3cnnc23)CC(C)N1C(=O)CN(C)C. The van der Waals surface area contributed by atoms with Gasteiger partial charge in [-0.15, -0.1) is 10.2 Å². The van der Waals surface area contributed by atoms with Gasteiger partial charge >= 0.3 is 0 Å². The summed E-state index contributed by atoms with van der Waals surface area (Å²) in [5, 5.41) is 11.7. The third-order valence-electron chi connectivity index (χ3n) is 6.65. The van der Waals surface area contributed by atoms with Gasteiger partial charge in [0.05, 0.1) is 13.2 Å². The maximum absolute atomic E-state index is 14.6. The van der Waals surface area contributed by atoms with Crippen LogP contribution in [0.3, 0.4) is 0 Å². The molecule has 0 saturated heterocycles. The quantitative estimate of drug-likeness (QED) is 0.582. The van der Waals surface area contributed by atoms with E-state index in [0.29, 0.717) is 43.2 Å². The number of likely N-dealkylation sites (N-methyl/N-ethyl adjacent to an activating group) is 1. The van der Waals surface area contributed by atoms with Crippen LogP contribution in [0.25, 0.3) is 11.2 Å². The number of hydrogen-bond acceptors (Lipinski definition) is 7.